The van der Waals surface area contributed by atoms with Gasteiger partial charge in [-0.25, -0.2) is 4.79 Å². The molecular formula is C14H22IN3O2. The number of rotatable bonds is 5. The summed E-state index contributed by atoms with van der Waals surface area (Å²) in [6.45, 7) is 3.65. The predicted octanol–water partition coefficient (Wildman–Crippen LogP) is 2.17. The van der Waals surface area contributed by atoms with Gasteiger partial charge in [-0.15, -0.1) is 24.0 Å². The third-order valence-corrected chi connectivity index (χ3v) is 2.60. The van der Waals surface area contributed by atoms with E-state index in [-0.39, 0.29) is 29.9 Å². The highest BCUT2D eigenvalue weighted by atomic mass is 127. The van der Waals surface area contributed by atoms with Crippen LogP contribution in [0.1, 0.15) is 29.3 Å². The van der Waals surface area contributed by atoms with E-state index in [0.717, 1.165) is 24.5 Å². The first-order valence-corrected chi connectivity index (χ1v) is 6.33. The lowest BCUT2D eigenvalue weighted by Crippen LogP contribution is -2.37. The Balaban J connectivity index is 0.00000361. The Bertz CT molecular complexity index is 433. The van der Waals surface area contributed by atoms with Gasteiger partial charge in [0.1, 0.15) is 0 Å². The fourth-order valence-corrected chi connectivity index (χ4v) is 1.53. The smallest absolute Gasteiger partial charge is 0.337 e. The Labute approximate surface area is 137 Å². The predicted molar refractivity (Wildman–Crippen MR) is 91.7 cm³/mol. The summed E-state index contributed by atoms with van der Waals surface area (Å²) < 4.78 is 4.65. The van der Waals surface area contributed by atoms with Crippen molar-refractivity contribution >= 4 is 35.9 Å². The fourth-order valence-electron chi connectivity index (χ4n) is 1.53. The van der Waals surface area contributed by atoms with Crippen LogP contribution in [0, 0.1) is 0 Å². The van der Waals surface area contributed by atoms with Gasteiger partial charge in [-0.1, -0.05) is 19.1 Å². The monoisotopic (exact) mass is 391 g/mol. The molecule has 0 saturated carbocycles. The third kappa shape index (κ3) is 6.23. The molecule has 0 radical (unpaired) electrons. The Morgan fingerprint density at radius 3 is 2.40 bits per heavy atom. The first-order valence-electron chi connectivity index (χ1n) is 6.33. The van der Waals surface area contributed by atoms with Crippen molar-refractivity contribution in [2.24, 2.45) is 4.99 Å². The molecule has 1 aromatic carbocycles. The topological polar surface area (TPSA) is 62.7 Å². The SMILES string of the molecule is CCCNC(=NC)NCc1ccc(C(=O)OC)cc1.I. The molecule has 0 spiro atoms. The molecule has 6 heteroatoms. The van der Waals surface area contributed by atoms with Crippen LogP contribution in [-0.2, 0) is 11.3 Å². The quantitative estimate of drug-likeness (QED) is 0.350. The molecule has 1 rings (SSSR count). The number of nitrogens with zero attached hydrogens (tertiary/aromatic N) is 1. The zero-order valence-electron chi connectivity index (χ0n) is 12.1. The lowest BCUT2D eigenvalue weighted by Gasteiger charge is -2.11. The minimum Gasteiger partial charge on any atom is -0.465 e. The molecule has 0 bridgehead atoms. The molecule has 0 heterocycles. The summed E-state index contributed by atoms with van der Waals surface area (Å²) in [4.78, 5) is 15.4. The molecule has 20 heavy (non-hydrogen) atoms. The van der Waals surface area contributed by atoms with Gasteiger partial charge in [0.15, 0.2) is 5.96 Å². The summed E-state index contributed by atoms with van der Waals surface area (Å²) in [6.07, 6.45) is 1.05. The van der Waals surface area contributed by atoms with Crippen LogP contribution in [0.15, 0.2) is 29.3 Å². The van der Waals surface area contributed by atoms with Gasteiger partial charge in [-0.3, -0.25) is 4.99 Å². The summed E-state index contributed by atoms with van der Waals surface area (Å²) in [5.41, 5.74) is 1.63. The maximum absolute atomic E-state index is 11.3. The van der Waals surface area contributed by atoms with Gasteiger partial charge in [-0.05, 0) is 24.1 Å². The van der Waals surface area contributed by atoms with E-state index in [9.17, 15) is 4.79 Å². The largest absolute Gasteiger partial charge is 0.465 e. The van der Waals surface area contributed by atoms with Crippen LogP contribution in [0.5, 0.6) is 0 Å². The molecular weight excluding hydrogens is 369 g/mol. The number of hydrogen-bond donors (Lipinski definition) is 2. The molecule has 1 aromatic rings. The lowest BCUT2D eigenvalue weighted by atomic mass is 10.1. The highest BCUT2D eigenvalue weighted by Gasteiger charge is 2.04. The number of aliphatic imine (C=N–C) groups is 1. The van der Waals surface area contributed by atoms with Crippen molar-refractivity contribution in [3.05, 3.63) is 35.4 Å². The van der Waals surface area contributed by atoms with Crippen LogP contribution in [0.4, 0.5) is 0 Å². The van der Waals surface area contributed by atoms with E-state index in [2.05, 4.69) is 27.3 Å². The first kappa shape index (κ1) is 18.7. The molecule has 0 fully saturated rings. The highest BCUT2D eigenvalue weighted by molar-refractivity contribution is 14.0. The van der Waals surface area contributed by atoms with Crippen LogP contribution in [0.25, 0.3) is 0 Å². The number of hydrogen-bond acceptors (Lipinski definition) is 3. The Kier molecular flexibility index (Phi) is 9.79. The molecule has 0 aliphatic heterocycles. The van der Waals surface area contributed by atoms with Crippen molar-refractivity contribution < 1.29 is 9.53 Å². The molecule has 0 aromatic heterocycles. The molecule has 112 valence electrons. The number of esters is 1. The first-order chi connectivity index (χ1) is 9.21. The molecule has 0 aliphatic carbocycles. The standard InChI is InChI=1S/C14H21N3O2.HI/c1-4-9-16-14(15-2)17-10-11-5-7-12(8-6-11)13(18)19-3;/h5-8H,4,9-10H2,1-3H3,(H2,15,16,17);1H. The van der Waals surface area contributed by atoms with E-state index in [4.69, 9.17) is 0 Å². The van der Waals surface area contributed by atoms with Crippen LogP contribution in [0.2, 0.25) is 0 Å². The normalized spacial score (nSPS) is 10.4. The van der Waals surface area contributed by atoms with Gasteiger partial charge in [0, 0.05) is 20.1 Å². The van der Waals surface area contributed by atoms with Crippen molar-refractivity contribution in [3.63, 3.8) is 0 Å². The minimum absolute atomic E-state index is 0. The van der Waals surface area contributed by atoms with E-state index < -0.39 is 0 Å². The molecule has 5 nitrogen and oxygen atoms in total. The molecule has 0 atom stereocenters. The van der Waals surface area contributed by atoms with Crippen molar-refractivity contribution in [1.82, 2.24) is 10.6 Å². The van der Waals surface area contributed by atoms with E-state index in [1.54, 1.807) is 19.2 Å². The zero-order valence-corrected chi connectivity index (χ0v) is 14.4. The summed E-state index contributed by atoms with van der Waals surface area (Å²) in [5, 5.41) is 6.40. The van der Waals surface area contributed by atoms with Crippen molar-refractivity contribution in [1.29, 1.82) is 0 Å². The number of benzene rings is 1. The van der Waals surface area contributed by atoms with Gasteiger partial charge in [0.05, 0.1) is 12.7 Å². The number of nitrogens with one attached hydrogen (secondary N) is 2. The van der Waals surface area contributed by atoms with E-state index >= 15 is 0 Å². The van der Waals surface area contributed by atoms with Crippen LogP contribution in [0.3, 0.4) is 0 Å². The fraction of sp³-hybridized carbons (Fsp3) is 0.429. The second kappa shape index (κ2) is 10.5. The Morgan fingerprint density at radius 1 is 1.25 bits per heavy atom. The third-order valence-electron chi connectivity index (χ3n) is 2.60. The average molecular weight is 391 g/mol. The Hall–Kier alpha value is -1.31. The molecule has 0 saturated heterocycles. The highest BCUT2D eigenvalue weighted by Crippen LogP contribution is 2.05. The van der Waals surface area contributed by atoms with E-state index in [1.807, 2.05) is 12.1 Å². The summed E-state index contributed by atoms with van der Waals surface area (Å²) in [6, 6.07) is 7.30. The van der Waals surface area contributed by atoms with Crippen LogP contribution < -0.4 is 10.6 Å². The average Bonchev–Trinajstić information content (AvgIpc) is 2.47. The van der Waals surface area contributed by atoms with Crippen LogP contribution >= 0.6 is 24.0 Å². The van der Waals surface area contributed by atoms with Crippen molar-refractivity contribution in [2.75, 3.05) is 20.7 Å². The molecule has 2 N–H and O–H groups in total. The number of carbonyl (C=O) groups is 1. The van der Waals surface area contributed by atoms with E-state index in [0.29, 0.717) is 12.1 Å². The number of carbonyl (C=O) groups excluding carboxylic acids is 1. The Morgan fingerprint density at radius 2 is 1.90 bits per heavy atom. The van der Waals surface area contributed by atoms with Crippen molar-refractivity contribution in [3.8, 4) is 0 Å². The second-order valence-corrected chi connectivity index (χ2v) is 4.04. The molecule has 0 aliphatic rings. The minimum atomic E-state index is -0.320. The van der Waals surface area contributed by atoms with Gasteiger partial charge in [0.2, 0.25) is 0 Å². The van der Waals surface area contributed by atoms with Gasteiger partial charge in [-0.2, -0.15) is 0 Å². The van der Waals surface area contributed by atoms with Crippen LogP contribution in [-0.4, -0.2) is 32.6 Å². The van der Waals surface area contributed by atoms with Gasteiger partial charge >= 0.3 is 5.97 Å². The second-order valence-electron chi connectivity index (χ2n) is 4.04. The maximum Gasteiger partial charge on any atom is 0.337 e. The number of guanidine groups is 1. The lowest BCUT2D eigenvalue weighted by molar-refractivity contribution is 0.0600. The molecule has 0 unspecified atom stereocenters. The van der Waals surface area contributed by atoms with Gasteiger partial charge in [0.25, 0.3) is 0 Å². The van der Waals surface area contributed by atoms with Gasteiger partial charge < -0.3 is 15.4 Å². The molecule has 0 amide bonds. The summed E-state index contributed by atoms with van der Waals surface area (Å²) >= 11 is 0. The maximum atomic E-state index is 11.3. The number of ether oxygens (including phenoxy) is 1. The summed E-state index contributed by atoms with van der Waals surface area (Å²) in [7, 11) is 3.12. The van der Waals surface area contributed by atoms with Crippen molar-refractivity contribution in [2.45, 2.75) is 19.9 Å². The van der Waals surface area contributed by atoms with E-state index in [1.165, 1.54) is 7.11 Å². The number of halogens is 1. The zero-order chi connectivity index (χ0) is 14.1. The summed E-state index contributed by atoms with van der Waals surface area (Å²) in [5.74, 6) is 0.457. The number of methoxy groups -OCH3 is 1.